The molecule has 1 aliphatic rings. The van der Waals surface area contributed by atoms with Crippen molar-refractivity contribution in [3.8, 4) is 0 Å². The van der Waals surface area contributed by atoms with Crippen molar-refractivity contribution in [2.24, 2.45) is 0 Å². The van der Waals surface area contributed by atoms with Crippen molar-refractivity contribution in [2.45, 2.75) is 43.5 Å². The second-order valence-corrected chi connectivity index (χ2v) is 10.9. The van der Waals surface area contributed by atoms with E-state index in [1.807, 2.05) is 22.6 Å². The number of anilines is 1. The molecule has 1 aliphatic carbocycles. The highest BCUT2D eigenvalue weighted by atomic mass is 127. The Hall–Kier alpha value is -1.37. The monoisotopic (exact) mass is 555 g/mol. The van der Waals surface area contributed by atoms with Crippen LogP contribution >= 0.6 is 22.6 Å². The molecule has 0 aromatic heterocycles. The Balaban J connectivity index is 2.02. The normalized spacial score (nSPS) is 16.4. The third kappa shape index (κ3) is 4.61. The van der Waals surface area contributed by atoms with Gasteiger partial charge in [0.1, 0.15) is 5.82 Å². The van der Waals surface area contributed by atoms with Gasteiger partial charge in [-0.2, -0.15) is 0 Å². The summed E-state index contributed by atoms with van der Waals surface area (Å²) in [6.45, 7) is 0.842. The fourth-order valence-corrected chi connectivity index (χ4v) is 5.71. The molecule has 10 heteroatoms. The number of aliphatic hydroxyl groups is 2. The summed E-state index contributed by atoms with van der Waals surface area (Å²) in [7, 11) is -4.10. The first-order valence-corrected chi connectivity index (χ1v) is 11.8. The Bertz CT molecular complexity index is 1070. The van der Waals surface area contributed by atoms with Crippen LogP contribution in [0.3, 0.4) is 0 Å². The number of sulfonamides is 1. The number of hydrogen-bond acceptors (Lipinski definition) is 4. The number of aliphatic hydroxyl groups excluding tert-OH is 2. The van der Waals surface area contributed by atoms with Crippen molar-refractivity contribution in [1.29, 1.82) is 0 Å². The molecular formula is C20H21F3INO4S. The molecule has 0 spiro atoms. The molecule has 0 saturated heterocycles. The summed E-state index contributed by atoms with van der Waals surface area (Å²) in [4.78, 5) is 0. The third-order valence-corrected chi connectivity index (χ3v) is 8.19. The van der Waals surface area contributed by atoms with E-state index >= 15 is 0 Å². The lowest BCUT2D eigenvalue weighted by molar-refractivity contribution is 0.0858. The van der Waals surface area contributed by atoms with Gasteiger partial charge >= 0.3 is 0 Å². The summed E-state index contributed by atoms with van der Waals surface area (Å²) in [6, 6.07) is 5.18. The maximum atomic E-state index is 14.7. The minimum atomic E-state index is -4.10. The smallest absolute Gasteiger partial charge is 0.238 e. The molecule has 5 nitrogen and oxygen atoms in total. The van der Waals surface area contributed by atoms with Crippen LogP contribution in [0, 0.1) is 27.9 Å². The minimum absolute atomic E-state index is 0.0941. The van der Waals surface area contributed by atoms with Crippen LogP contribution in [0.25, 0.3) is 0 Å². The van der Waals surface area contributed by atoms with Crippen molar-refractivity contribution in [1.82, 2.24) is 0 Å². The van der Waals surface area contributed by atoms with Gasteiger partial charge in [-0.3, -0.25) is 4.72 Å². The van der Waals surface area contributed by atoms with Crippen LogP contribution < -0.4 is 4.72 Å². The Kier molecular flexibility index (Phi) is 6.71. The van der Waals surface area contributed by atoms with Crippen molar-refractivity contribution in [3.63, 3.8) is 0 Å². The van der Waals surface area contributed by atoms with Crippen LogP contribution in [0.1, 0.15) is 36.0 Å². The lowest BCUT2D eigenvalue weighted by Crippen LogP contribution is -2.35. The van der Waals surface area contributed by atoms with E-state index in [2.05, 4.69) is 4.72 Å². The Morgan fingerprint density at radius 2 is 1.87 bits per heavy atom. The molecule has 0 aliphatic heterocycles. The summed E-state index contributed by atoms with van der Waals surface area (Å²) in [6.07, 6.45) is -1.21. The molecule has 0 heterocycles. The second kappa shape index (κ2) is 8.64. The van der Waals surface area contributed by atoms with Gasteiger partial charge in [0.25, 0.3) is 0 Å². The zero-order valence-electron chi connectivity index (χ0n) is 16.1. The number of nitrogens with one attached hydrogen (secondary N) is 1. The highest BCUT2D eigenvalue weighted by Gasteiger charge is 2.55. The molecule has 164 valence electrons. The summed E-state index contributed by atoms with van der Waals surface area (Å²) in [5.41, 5.74) is -0.195. The molecule has 3 rings (SSSR count). The molecule has 30 heavy (non-hydrogen) atoms. The Morgan fingerprint density at radius 1 is 1.20 bits per heavy atom. The number of rotatable bonds is 8. The van der Waals surface area contributed by atoms with Crippen LogP contribution in [-0.2, 0) is 16.4 Å². The average Bonchev–Trinajstić information content (AvgIpc) is 3.45. The summed E-state index contributed by atoms with van der Waals surface area (Å²) in [5.74, 6) is -3.02. The van der Waals surface area contributed by atoms with Gasteiger partial charge in [0.15, 0.2) is 11.6 Å². The number of hydrogen-bond donors (Lipinski definition) is 3. The van der Waals surface area contributed by atoms with Gasteiger partial charge in [-0.15, -0.1) is 0 Å². The zero-order valence-corrected chi connectivity index (χ0v) is 19.0. The van der Waals surface area contributed by atoms with Crippen LogP contribution in [0.15, 0.2) is 24.3 Å². The number of aryl methyl sites for hydroxylation is 1. The SMILES string of the molecule is Cc1cc(F)c(F)c(Cc2ccc(I)cc2F)c1NS(=O)(=O)C1(C[C@@H](O)CO)CC1. The topological polar surface area (TPSA) is 86.6 Å². The molecule has 1 fully saturated rings. The molecule has 0 radical (unpaired) electrons. The molecule has 1 atom stereocenters. The lowest BCUT2D eigenvalue weighted by Gasteiger charge is -2.23. The standard InChI is InChI=1S/C20H21F3INO4S/c1-11-6-17(22)18(23)15(7-12-2-3-13(24)8-16(12)21)19(11)25-30(28,29)20(4-5-20)9-14(27)10-26/h2-3,6,8,14,25-27H,4-5,7,9-10H2,1H3/t14-/m1/s1. The van der Waals surface area contributed by atoms with E-state index < -0.39 is 44.9 Å². The predicted molar refractivity (Wildman–Crippen MR) is 115 cm³/mol. The van der Waals surface area contributed by atoms with Gasteiger partial charge in [-0.25, -0.2) is 21.6 Å². The van der Waals surface area contributed by atoms with Crippen LogP contribution in [0.2, 0.25) is 0 Å². The summed E-state index contributed by atoms with van der Waals surface area (Å²) < 4.78 is 70.8. The van der Waals surface area contributed by atoms with E-state index in [0.717, 1.165) is 6.07 Å². The summed E-state index contributed by atoms with van der Waals surface area (Å²) in [5, 5.41) is 18.8. The Labute approximate surface area is 186 Å². The Morgan fingerprint density at radius 3 is 2.43 bits per heavy atom. The van der Waals surface area contributed by atoms with Gasteiger partial charge in [0.05, 0.1) is 23.1 Å². The van der Waals surface area contributed by atoms with Crippen molar-refractivity contribution >= 4 is 38.3 Å². The van der Waals surface area contributed by atoms with E-state index in [4.69, 9.17) is 5.11 Å². The second-order valence-electron chi connectivity index (χ2n) is 7.58. The van der Waals surface area contributed by atoms with Crippen molar-refractivity contribution in [2.75, 3.05) is 11.3 Å². The third-order valence-electron chi connectivity index (χ3n) is 5.33. The zero-order chi connectivity index (χ0) is 22.3. The molecule has 0 bridgehead atoms. The van der Waals surface area contributed by atoms with Crippen LogP contribution in [0.5, 0.6) is 0 Å². The largest absolute Gasteiger partial charge is 0.394 e. The number of halogens is 4. The quantitative estimate of drug-likeness (QED) is 0.435. The van der Waals surface area contributed by atoms with Crippen molar-refractivity contribution in [3.05, 3.63) is 62.0 Å². The van der Waals surface area contributed by atoms with E-state index in [-0.39, 0.29) is 48.1 Å². The average molecular weight is 555 g/mol. The van der Waals surface area contributed by atoms with E-state index in [1.54, 1.807) is 6.07 Å². The van der Waals surface area contributed by atoms with Gasteiger partial charge in [-0.05, 0) is 78.1 Å². The van der Waals surface area contributed by atoms with E-state index in [1.165, 1.54) is 19.1 Å². The van der Waals surface area contributed by atoms with Gasteiger partial charge in [-0.1, -0.05) is 6.07 Å². The minimum Gasteiger partial charge on any atom is -0.394 e. The number of benzene rings is 2. The first-order valence-electron chi connectivity index (χ1n) is 9.22. The van der Waals surface area contributed by atoms with Gasteiger partial charge in [0, 0.05) is 15.6 Å². The maximum absolute atomic E-state index is 14.7. The molecule has 1 saturated carbocycles. The molecule has 2 aromatic rings. The fourth-order valence-electron chi connectivity index (χ4n) is 3.44. The molecule has 0 unspecified atom stereocenters. The highest BCUT2D eigenvalue weighted by molar-refractivity contribution is 14.1. The van der Waals surface area contributed by atoms with Gasteiger partial charge in [0.2, 0.25) is 10.0 Å². The van der Waals surface area contributed by atoms with E-state index in [9.17, 15) is 26.7 Å². The lowest BCUT2D eigenvalue weighted by atomic mass is 9.99. The predicted octanol–water partition coefficient (Wildman–Crippen LogP) is 3.63. The molecular weight excluding hydrogens is 534 g/mol. The summed E-state index contributed by atoms with van der Waals surface area (Å²) >= 11 is 1.92. The molecule has 0 amide bonds. The van der Waals surface area contributed by atoms with Gasteiger partial charge < -0.3 is 10.2 Å². The van der Waals surface area contributed by atoms with Crippen LogP contribution in [0.4, 0.5) is 18.9 Å². The van der Waals surface area contributed by atoms with Crippen LogP contribution in [-0.4, -0.2) is 36.1 Å². The van der Waals surface area contributed by atoms with Crippen molar-refractivity contribution < 1.29 is 31.8 Å². The van der Waals surface area contributed by atoms with E-state index in [0.29, 0.717) is 3.57 Å². The highest BCUT2D eigenvalue weighted by Crippen LogP contribution is 2.48. The first kappa shape index (κ1) is 23.3. The maximum Gasteiger partial charge on any atom is 0.238 e. The fraction of sp³-hybridized carbons (Fsp3) is 0.400. The first-order chi connectivity index (χ1) is 14.0. The molecule has 2 aromatic carbocycles. The molecule has 3 N–H and O–H groups in total.